The van der Waals surface area contributed by atoms with Gasteiger partial charge in [-0.2, -0.15) is 5.10 Å². The van der Waals surface area contributed by atoms with Crippen LogP contribution < -0.4 is 0 Å². The largest absolute Gasteiger partial charge is 0.391 e. The van der Waals surface area contributed by atoms with Crippen LogP contribution in [0.2, 0.25) is 0 Å². The predicted molar refractivity (Wildman–Crippen MR) is 77.0 cm³/mol. The molecule has 0 saturated heterocycles. The van der Waals surface area contributed by atoms with Crippen molar-refractivity contribution in [2.45, 2.75) is 71.2 Å². The van der Waals surface area contributed by atoms with Crippen LogP contribution in [-0.2, 0) is 19.5 Å². The summed E-state index contributed by atoms with van der Waals surface area (Å²) in [4.78, 5) is 2.30. The van der Waals surface area contributed by atoms with Gasteiger partial charge in [0.1, 0.15) is 0 Å². The van der Waals surface area contributed by atoms with Gasteiger partial charge in [-0.05, 0) is 39.3 Å². The molecule has 0 bridgehead atoms. The Bertz CT molecular complexity index is 402. The van der Waals surface area contributed by atoms with E-state index >= 15 is 0 Å². The highest BCUT2D eigenvalue weighted by Gasteiger charge is 2.27. The van der Waals surface area contributed by atoms with E-state index in [4.69, 9.17) is 0 Å². The molecule has 2 rings (SSSR count). The van der Waals surface area contributed by atoms with Crippen molar-refractivity contribution in [3.05, 3.63) is 17.5 Å². The van der Waals surface area contributed by atoms with Gasteiger partial charge in [-0.25, -0.2) is 0 Å². The molecule has 0 aromatic carbocycles. The first-order valence-electron chi connectivity index (χ1n) is 7.59. The first kappa shape index (κ1) is 14.5. The Balaban J connectivity index is 2.04. The Morgan fingerprint density at radius 3 is 2.74 bits per heavy atom. The summed E-state index contributed by atoms with van der Waals surface area (Å²) in [5.74, 6) is 0. The summed E-state index contributed by atoms with van der Waals surface area (Å²) < 4.78 is 2.09. The molecule has 2 unspecified atom stereocenters. The summed E-state index contributed by atoms with van der Waals surface area (Å²) in [6, 6.07) is 2.51. The minimum absolute atomic E-state index is 0.164. The van der Waals surface area contributed by atoms with Gasteiger partial charge in [0, 0.05) is 19.1 Å². The smallest absolute Gasteiger partial charge is 0.0695 e. The van der Waals surface area contributed by atoms with E-state index in [-0.39, 0.29) is 6.10 Å². The van der Waals surface area contributed by atoms with Crippen molar-refractivity contribution in [3.8, 4) is 0 Å². The molecule has 0 radical (unpaired) electrons. The van der Waals surface area contributed by atoms with E-state index in [0.29, 0.717) is 6.04 Å². The molecule has 4 nitrogen and oxygen atoms in total. The first-order valence-corrected chi connectivity index (χ1v) is 7.59. The average Bonchev–Trinajstić information content (AvgIpc) is 2.81. The molecule has 1 aromatic rings. The van der Waals surface area contributed by atoms with Gasteiger partial charge in [-0.15, -0.1) is 0 Å². The number of aliphatic hydroxyl groups is 1. The molecule has 108 valence electrons. The Morgan fingerprint density at radius 1 is 1.37 bits per heavy atom. The summed E-state index contributed by atoms with van der Waals surface area (Å²) in [6.45, 7) is 6.06. The molecule has 1 saturated carbocycles. The van der Waals surface area contributed by atoms with Crippen molar-refractivity contribution < 1.29 is 5.11 Å². The van der Waals surface area contributed by atoms with Crippen LogP contribution in [0.4, 0.5) is 0 Å². The van der Waals surface area contributed by atoms with Crippen LogP contribution in [0.3, 0.4) is 0 Å². The van der Waals surface area contributed by atoms with Gasteiger partial charge < -0.3 is 5.11 Å². The molecule has 0 amide bonds. The van der Waals surface area contributed by atoms with Crippen molar-refractivity contribution in [3.63, 3.8) is 0 Å². The zero-order valence-electron chi connectivity index (χ0n) is 12.5. The van der Waals surface area contributed by atoms with Crippen LogP contribution in [0.1, 0.15) is 50.9 Å². The molecular formula is C15H27N3O. The zero-order valence-corrected chi connectivity index (χ0v) is 12.5. The van der Waals surface area contributed by atoms with Crippen molar-refractivity contribution in [2.24, 2.45) is 0 Å². The predicted octanol–water partition coefficient (Wildman–Crippen LogP) is 2.20. The van der Waals surface area contributed by atoms with E-state index < -0.39 is 0 Å². The molecule has 1 heterocycles. The lowest BCUT2D eigenvalue weighted by atomic mass is 9.91. The third-order valence-electron chi connectivity index (χ3n) is 4.25. The van der Waals surface area contributed by atoms with Gasteiger partial charge in [0.15, 0.2) is 0 Å². The molecule has 2 atom stereocenters. The lowest BCUT2D eigenvalue weighted by Gasteiger charge is -2.35. The number of likely N-dealkylation sites (N-methyl/N-ethyl adjacent to an activating group) is 1. The normalized spacial score (nSPS) is 24.1. The second-order valence-electron chi connectivity index (χ2n) is 5.63. The fraction of sp³-hybridized carbons (Fsp3) is 0.800. The molecule has 19 heavy (non-hydrogen) atoms. The molecule has 1 aromatic heterocycles. The van der Waals surface area contributed by atoms with Crippen LogP contribution in [0.5, 0.6) is 0 Å². The maximum atomic E-state index is 10.1. The minimum Gasteiger partial charge on any atom is -0.391 e. The van der Waals surface area contributed by atoms with Crippen molar-refractivity contribution in [1.29, 1.82) is 0 Å². The van der Waals surface area contributed by atoms with Gasteiger partial charge in [-0.3, -0.25) is 9.58 Å². The van der Waals surface area contributed by atoms with Crippen molar-refractivity contribution in [1.82, 2.24) is 14.7 Å². The quantitative estimate of drug-likeness (QED) is 0.887. The summed E-state index contributed by atoms with van der Waals surface area (Å²) in [6.07, 6.45) is 5.27. The summed E-state index contributed by atoms with van der Waals surface area (Å²) in [5, 5.41) is 14.7. The number of rotatable bonds is 5. The fourth-order valence-electron chi connectivity index (χ4n) is 3.07. The summed E-state index contributed by atoms with van der Waals surface area (Å²) in [7, 11) is 2.12. The Hall–Kier alpha value is -0.870. The highest BCUT2D eigenvalue weighted by Crippen LogP contribution is 2.23. The first-order chi connectivity index (χ1) is 9.15. The number of aromatic nitrogens is 2. The van der Waals surface area contributed by atoms with Crippen LogP contribution >= 0.6 is 0 Å². The van der Waals surface area contributed by atoms with Gasteiger partial charge in [-0.1, -0.05) is 19.8 Å². The SMILES string of the molecule is CCc1cc(CN(C)C2CCCCC2O)n(CC)n1. The third-order valence-corrected chi connectivity index (χ3v) is 4.25. The van der Waals surface area contributed by atoms with Gasteiger partial charge >= 0.3 is 0 Å². The van der Waals surface area contributed by atoms with Crippen LogP contribution in [0.15, 0.2) is 6.07 Å². The van der Waals surface area contributed by atoms with E-state index in [0.717, 1.165) is 38.0 Å². The van der Waals surface area contributed by atoms with Gasteiger partial charge in [0.25, 0.3) is 0 Å². The van der Waals surface area contributed by atoms with E-state index in [2.05, 4.69) is 41.6 Å². The van der Waals surface area contributed by atoms with E-state index in [9.17, 15) is 5.11 Å². The standard InChI is InChI=1S/C15H27N3O/c1-4-12-10-13(18(5-2)16-12)11-17(3)14-8-6-7-9-15(14)19/h10,14-15,19H,4-9,11H2,1-3H3. The fourth-order valence-corrected chi connectivity index (χ4v) is 3.07. The monoisotopic (exact) mass is 265 g/mol. The second kappa shape index (κ2) is 6.53. The lowest BCUT2D eigenvalue weighted by molar-refractivity contribution is 0.0278. The van der Waals surface area contributed by atoms with Crippen molar-refractivity contribution >= 4 is 0 Å². The molecular weight excluding hydrogens is 238 g/mol. The van der Waals surface area contributed by atoms with Crippen LogP contribution in [-0.4, -0.2) is 39.0 Å². The molecule has 1 N–H and O–H groups in total. The zero-order chi connectivity index (χ0) is 13.8. The molecule has 0 spiro atoms. The number of aliphatic hydroxyl groups excluding tert-OH is 1. The van der Waals surface area contributed by atoms with Gasteiger partial charge in [0.05, 0.1) is 17.5 Å². The second-order valence-corrected chi connectivity index (χ2v) is 5.63. The van der Waals surface area contributed by atoms with Gasteiger partial charge in [0.2, 0.25) is 0 Å². The van der Waals surface area contributed by atoms with Crippen LogP contribution in [0.25, 0.3) is 0 Å². The molecule has 1 aliphatic rings. The third kappa shape index (κ3) is 3.37. The highest BCUT2D eigenvalue weighted by atomic mass is 16.3. The maximum Gasteiger partial charge on any atom is 0.0695 e. The Kier molecular flexibility index (Phi) is 4.99. The lowest BCUT2D eigenvalue weighted by Crippen LogP contribution is -2.43. The van der Waals surface area contributed by atoms with E-state index in [1.54, 1.807) is 0 Å². The Labute approximate surface area is 116 Å². The topological polar surface area (TPSA) is 41.3 Å². The number of hydrogen-bond acceptors (Lipinski definition) is 3. The molecule has 0 aliphatic heterocycles. The number of hydrogen-bond donors (Lipinski definition) is 1. The maximum absolute atomic E-state index is 10.1. The molecule has 1 aliphatic carbocycles. The molecule has 1 fully saturated rings. The van der Waals surface area contributed by atoms with E-state index in [1.807, 2.05) is 0 Å². The van der Waals surface area contributed by atoms with E-state index in [1.165, 1.54) is 18.5 Å². The molecule has 4 heteroatoms. The summed E-state index contributed by atoms with van der Waals surface area (Å²) in [5.41, 5.74) is 2.43. The summed E-state index contributed by atoms with van der Waals surface area (Å²) >= 11 is 0. The highest BCUT2D eigenvalue weighted by molar-refractivity contribution is 5.10. The number of aryl methyl sites for hydroxylation is 2. The number of nitrogens with zero attached hydrogens (tertiary/aromatic N) is 3. The van der Waals surface area contributed by atoms with Crippen LogP contribution in [0, 0.1) is 0 Å². The average molecular weight is 265 g/mol. The minimum atomic E-state index is -0.164. The Morgan fingerprint density at radius 2 is 2.11 bits per heavy atom. The van der Waals surface area contributed by atoms with Crippen molar-refractivity contribution in [2.75, 3.05) is 7.05 Å².